The Morgan fingerprint density at radius 1 is 0.944 bits per heavy atom. The highest BCUT2D eigenvalue weighted by atomic mass is 19.1. The van der Waals surface area contributed by atoms with Gasteiger partial charge in [-0.05, 0) is 23.8 Å². The fourth-order valence-electron chi connectivity index (χ4n) is 4.92. The third-order valence-corrected chi connectivity index (χ3v) is 6.91. The van der Waals surface area contributed by atoms with Crippen LogP contribution in [0.4, 0.5) is 4.39 Å². The lowest BCUT2D eigenvalue weighted by Crippen LogP contribution is -2.49. The Morgan fingerprint density at radius 2 is 1.67 bits per heavy atom. The van der Waals surface area contributed by atoms with Crippen molar-refractivity contribution in [1.82, 2.24) is 14.8 Å². The van der Waals surface area contributed by atoms with Gasteiger partial charge >= 0.3 is 0 Å². The summed E-state index contributed by atoms with van der Waals surface area (Å²) in [5.41, 5.74) is 3.41. The lowest BCUT2D eigenvalue weighted by Gasteiger charge is -2.35. The summed E-state index contributed by atoms with van der Waals surface area (Å²) in [6.07, 6.45) is 0.449. The van der Waals surface area contributed by atoms with Crippen LogP contribution in [0.2, 0.25) is 0 Å². The standard InChI is InChI=1S/C29H31FN4O2/c1-36-24-11-7-10-23(18-24)27-19-28(25-12-5-6-13-26(25)30)34(31-27)29(35)21-33-16-14-32(15-17-33)20-22-8-3-2-4-9-22/h2-13,18,28H,14-17,19-21H2,1H3/t28-/m0/s1. The monoisotopic (exact) mass is 486 g/mol. The molecule has 3 aromatic rings. The second-order valence-electron chi connectivity index (χ2n) is 9.30. The Bertz CT molecular complexity index is 1220. The number of halogens is 1. The Labute approximate surface area is 211 Å². The van der Waals surface area contributed by atoms with Crippen LogP contribution in [0.3, 0.4) is 0 Å². The van der Waals surface area contributed by atoms with Crippen LogP contribution in [0.25, 0.3) is 0 Å². The van der Waals surface area contributed by atoms with Crippen LogP contribution < -0.4 is 4.74 Å². The number of benzene rings is 3. The van der Waals surface area contributed by atoms with Gasteiger partial charge < -0.3 is 4.74 Å². The lowest BCUT2D eigenvalue weighted by molar-refractivity contribution is -0.134. The first-order valence-electron chi connectivity index (χ1n) is 12.4. The molecule has 0 unspecified atom stereocenters. The van der Waals surface area contributed by atoms with Gasteiger partial charge in [-0.25, -0.2) is 9.40 Å². The van der Waals surface area contributed by atoms with E-state index < -0.39 is 6.04 Å². The number of methoxy groups -OCH3 is 1. The molecule has 0 aromatic heterocycles. The molecule has 0 bridgehead atoms. The van der Waals surface area contributed by atoms with E-state index in [1.807, 2.05) is 30.3 Å². The number of hydrogen-bond donors (Lipinski definition) is 0. The summed E-state index contributed by atoms with van der Waals surface area (Å²) in [7, 11) is 1.62. The molecule has 0 spiro atoms. The van der Waals surface area contributed by atoms with E-state index in [0.29, 0.717) is 12.0 Å². The largest absolute Gasteiger partial charge is 0.497 e. The molecule has 0 radical (unpaired) electrons. The van der Waals surface area contributed by atoms with Gasteiger partial charge in [0.05, 0.1) is 25.4 Å². The topological polar surface area (TPSA) is 48.4 Å². The summed E-state index contributed by atoms with van der Waals surface area (Å²) in [5, 5.41) is 6.20. The minimum atomic E-state index is -0.473. The number of hydrogen-bond acceptors (Lipinski definition) is 5. The molecular formula is C29H31FN4O2. The molecule has 5 rings (SSSR count). The van der Waals surface area contributed by atoms with Crippen molar-refractivity contribution in [3.8, 4) is 5.75 Å². The number of piperazine rings is 1. The molecule has 186 valence electrons. The van der Waals surface area contributed by atoms with Gasteiger partial charge in [-0.2, -0.15) is 5.10 Å². The second-order valence-corrected chi connectivity index (χ2v) is 9.30. The van der Waals surface area contributed by atoms with Crippen LogP contribution in [0, 0.1) is 5.82 Å². The van der Waals surface area contributed by atoms with Crippen molar-refractivity contribution in [2.24, 2.45) is 5.10 Å². The van der Waals surface area contributed by atoms with Gasteiger partial charge in [0, 0.05) is 50.3 Å². The zero-order chi connectivity index (χ0) is 24.9. The van der Waals surface area contributed by atoms with E-state index in [1.165, 1.54) is 16.6 Å². The van der Waals surface area contributed by atoms with Crippen LogP contribution in [0.5, 0.6) is 5.75 Å². The predicted molar refractivity (Wildman–Crippen MR) is 138 cm³/mol. The Balaban J connectivity index is 1.29. The summed E-state index contributed by atoms with van der Waals surface area (Å²) < 4.78 is 20.1. The number of carbonyl (C=O) groups is 1. The van der Waals surface area contributed by atoms with Gasteiger partial charge in [0.25, 0.3) is 5.91 Å². The zero-order valence-corrected chi connectivity index (χ0v) is 20.5. The molecule has 1 atom stereocenters. The molecular weight excluding hydrogens is 455 g/mol. The number of amides is 1. The Hall–Kier alpha value is -3.55. The first-order valence-corrected chi connectivity index (χ1v) is 12.4. The van der Waals surface area contributed by atoms with E-state index in [1.54, 1.807) is 25.3 Å². The highest BCUT2D eigenvalue weighted by Gasteiger charge is 2.35. The van der Waals surface area contributed by atoms with E-state index in [2.05, 4.69) is 34.1 Å². The van der Waals surface area contributed by atoms with Crippen LogP contribution in [0.1, 0.15) is 29.2 Å². The fourth-order valence-corrected chi connectivity index (χ4v) is 4.92. The molecule has 3 aromatic carbocycles. The molecule has 2 aliphatic heterocycles. The molecule has 2 aliphatic rings. The van der Waals surface area contributed by atoms with Crippen LogP contribution in [-0.4, -0.2) is 66.3 Å². The second kappa shape index (κ2) is 11.0. The van der Waals surface area contributed by atoms with Crippen LogP contribution >= 0.6 is 0 Å². The third kappa shape index (κ3) is 5.48. The minimum Gasteiger partial charge on any atom is -0.497 e. The van der Waals surface area contributed by atoms with Gasteiger partial charge in [-0.1, -0.05) is 60.7 Å². The lowest BCUT2D eigenvalue weighted by atomic mass is 9.98. The van der Waals surface area contributed by atoms with Crippen molar-refractivity contribution in [3.63, 3.8) is 0 Å². The molecule has 2 heterocycles. The maximum Gasteiger partial charge on any atom is 0.257 e. The zero-order valence-electron chi connectivity index (χ0n) is 20.5. The molecule has 0 saturated carbocycles. The average molecular weight is 487 g/mol. The van der Waals surface area contributed by atoms with Crippen molar-refractivity contribution >= 4 is 11.6 Å². The number of hydrazone groups is 1. The van der Waals surface area contributed by atoms with Crippen molar-refractivity contribution < 1.29 is 13.9 Å². The predicted octanol–water partition coefficient (Wildman–Crippen LogP) is 4.33. The maximum atomic E-state index is 14.8. The van der Waals surface area contributed by atoms with Crippen molar-refractivity contribution in [2.45, 2.75) is 19.0 Å². The quantitative estimate of drug-likeness (QED) is 0.499. The minimum absolute atomic E-state index is 0.113. The van der Waals surface area contributed by atoms with Crippen molar-refractivity contribution in [3.05, 3.63) is 101 Å². The number of ether oxygens (including phenoxy) is 1. The molecule has 1 saturated heterocycles. The van der Waals surface area contributed by atoms with Gasteiger partial charge in [0.15, 0.2) is 0 Å². The fraction of sp³-hybridized carbons (Fsp3) is 0.310. The Kier molecular flexibility index (Phi) is 7.39. The SMILES string of the molecule is COc1cccc(C2=NN(C(=O)CN3CCN(Cc4ccccc4)CC3)[C@H](c3ccccc3F)C2)c1. The summed E-state index contributed by atoms with van der Waals surface area (Å²) in [4.78, 5) is 18.1. The Morgan fingerprint density at radius 3 is 2.42 bits per heavy atom. The van der Waals surface area contributed by atoms with Gasteiger partial charge in [0.1, 0.15) is 11.6 Å². The van der Waals surface area contributed by atoms with E-state index >= 15 is 0 Å². The highest BCUT2D eigenvalue weighted by molar-refractivity contribution is 6.03. The summed E-state index contributed by atoms with van der Waals surface area (Å²) >= 11 is 0. The smallest absolute Gasteiger partial charge is 0.257 e. The molecule has 7 heteroatoms. The molecule has 0 N–H and O–H groups in total. The third-order valence-electron chi connectivity index (χ3n) is 6.91. The first-order chi connectivity index (χ1) is 17.6. The number of nitrogens with zero attached hydrogens (tertiary/aromatic N) is 4. The molecule has 1 fully saturated rings. The number of carbonyl (C=O) groups excluding carboxylic acids is 1. The summed E-state index contributed by atoms with van der Waals surface area (Å²) in [5.74, 6) is 0.283. The van der Waals surface area contributed by atoms with Gasteiger partial charge in [0.2, 0.25) is 0 Å². The van der Waals surface area contributed by atoms with Crippen LogP contribution in [-0.2, 0) is 11.3 Å². The van der Waals surface area contributed by atoms with E-state index in [-0.39, 0.29) is 18.3 Å². The maximum absolute atomic E-state index is 14.8. The van der Waals surface area contributed by atoms with E-state index in [0.717, 1.165) is 49.7 Å². The van der Waals surface area contributed by atoms with E-state index in [4.69, 9.17) is 9.84 Å². The number of rotatable bonds is 7. The molecule has 6 nitrogen and oxygen atoms in total. The van der Waals surface area contributed by atoms with Crippen molar-refractivity contribution in [2.75, 3.05) is 39.8 Å². The van der Waals surface area contributed by atoms with Crippen LogP contribution in [0.15, 0.2) is 84.0 Å². The summed E-state index contributed by atoms with van der Waals surface area (Å²) in [6, 6.07) is 24.2. The molecule has 36 heavy (non-hydrogen) atoms. The van der Waals surface area contributed by atoms with Crippen molar-refractivity contribution in [1.29, 1.82) is 0 Å². The summed E-state index contributed by atoms with van der Waals surface area (Å²) in [6.45, 7) is 4.60. The molecule has 1 amide bonds. The first kappa shape index (κ1) is 24.2. The normalized spacial score (nSPS) is 18.8. The van der Waals surface area contributed by atoms with E-state index in [9.17, 15) is 9.18 Å². The highest BCUT2D eigenvalue weighted by Crippen LogP contribution is 2.34. The van der Waals surface area contributed by atoms with Gasteiger partial charge in [-0.15, -0.1) is 0 Å². The average Bonchev–Trinajstić information content (AvgIpc) is 3.36. The van der Waals surface area contributed by atoms with Gasteiger partial charge in [-0.3, -0.25) is 14.6 Å². The molecule has 0 aliphatic carbocycles.